The smallest absolute Gasteiger partial charge is 0.239 e. The zero-order valence-corrected chi connectivity index (χ0v) is 15.0. The molecule has 0 spiro atoms. The van der Waals surface area contributed by atoms with Crippen molar-refractivity contribution in [2.24, 2.45) is 0 Å². The van der Waals surface area contributed by atoms with E-state index in [0.29, 0.717) is 10.7 Å². The van der Waals surface area contributed by atoms with Crippen molar-refractivity contribution in [1.82, 2.24) is 0 Å². The maximum absolute atomic E-state index is 13.1. The highest BCUT2D eigenvalue weighted by molar-refractivity contribution is 7.92. The molecule has 3 rings (SSSR count). The van der Waals surface area contributed by atoms with Crippen LogP contribution < -0.4 is 4.31 Å². The molecule has 0 atom stereocenters. The van der Waals surface area contributed by atoms with Gasteiger partial charge in [0.05, 0.1) is 23.0 Å². The van der Waals surface area contributed by atoms with Crippen molar-refractivity contribution in [2.45, 2.75) is 12.3 Å². The fourth-order valence-corrected chi connectivity index (χ4v) is 4.37. The maximum Gasteiger partial charge on any atom is 0.239 e. The van der Waals surface area contributed by atoms with E-state index < -0.39 is 10.0 Å². The lowest BCUT2D eigenvalue weighted by Crippen LogP contribution is -2.32. The van der Waals surface area contributed by atoms with Crippen LogP contribution >= 0.6 is 11.6 Å². The second-order valence-electron chi connectivity index (χ2n) is 5.61. The Hall–Kier alpha value is -2.30. The van der Waals surface area contributed by atoms with Gasteiger partial charge in [0, 0.05) is 0 Å². The molecule has 127 valence electrons. The minimum atomic E-state index is -3.62. The number of sulfonamides is 1. The van der Waals surface area contributed by atoms with Crippen LogP contribution in [0.2, 0.25) is 5.02 Å². The van der Waals surface area contributed by atoms with Crippen molar-refractivity contribution < 1.29 is 8.42 Å². The van der Waals surface area contributed by atoms with E-state index in [1.807, 2.05) is 48.5 Å². The van der Waals surface area contributed by atoms with Crippen LogP contribution in [0.4, 0.5) is 5.69 Å². The Kier molecular flexibility index (Phi) is 5.41. The number of benzene rings is 3. The summed E-state index contributed by atoms with van der Waals surface area (Å²) in [7, 11) is -3.62. The predicted molar refractivity (Wildman–Crippen MR) is 102 cm³/mol. The van der Waals surface area contributed by atoms with E-state index in [1.54, 1.807) is 30.3 Å². The van der Waals surface area contributed by atoms with Gasteiger partial charge in [0.25, 0.3) is 0 Å². The van der Waals surface area contributed by atoms with Crippen molar-refractivity contribution in [2.75, 3.05) is 4.31 Å². The van der Waals surface area contributed by atoms with Crippen molar-refractivity contribution in [3.8, 4) is 0 Å². The van der Waals surface area contributed by atoms with Crippen LogP contribution in [0, 0.1) is 6.07 Å². The highest BCUT2D eigenvalue weighted by Crippen LogP contribution is 2.30. The van der Waals surface area contributed by atoms with E-state index in [0.717, 1.165) is 11.1 Å². The summed E-state index contributed by atoms with van der Waals surface area (Å²) in [4.78, 5) is 0. The van der Waals surface area contributed by atoms with Crippen LogP contribution in [-0.2, 0) is 22.3 Å². The molecule has 0 saturated carbocycles. The highest BCUT2D eigenvalue weighted by atomic mass is 35.5. The van der Waals surface area contributed by atoms with Crippen LogP contribution in [0.1, 0.15) is 11.1 Å². The SMILES string of the molecule is O=S(=O)(Cc1ccccc1)N(Cc1ccccc1)c1c[c]ccc1Cl. The van der Waals surface area contributed by atoms with Crippen molar-refractivity contribution in [3.05, 3.63) is 101 Å². The van der Waals surface area contributed by atoms with Crippen LogP contribution in [-0.4, -0.2) is 8.42 Å². The van der Waals surface area contributed by atoms with Crippen LogP contribution in [0.5, 0.6) is 0 Å². The second kappa shape index (κ2) is 7.72. The summed E-state index contributed by atoms with van der Waals surface area (Å²) in [6, 6.07) is 26.4. The van der Waals surface area contributed by atoms with Gasteiger partial charge in [0.2, 0.25) is 10.0 Å². The molecular weight excluding hydrogens is 354 g/mol. The third-order valence-corrected chi connectivity index (χ3v) is 5.77. The van der Waals surface area contributed by atoms with Gasteiger partial charge in [-0.3, -0.25) is 4.31 Å². The average Bonchev–Trinajstić information content (AvgIpc) is 2.62. The molecule has 3 aromatic carbocycles. The Morgan fingerprint density at radius 2 is 1.48 bits per heavy atom. The van der Waals surface area contributed by atoms with Gasteiger partial charge in [0.1, 0.15) is 0 Å². The zero-order valence-electron chi connectivity index (χ0n) is 13.5. The topological polar surface area (TPSA) is 37.4 Å². The summed E-state index contributed by atoms with van der Waals surface area (Å²) >= 11 is 6.27. The zero-order chi connectivity index (χ0) is 17.7. The average molecular weight is 371 g/mol. The van der Waals surface area contributed by atoms with Crippen molar-refractivity contribution in [3.63, 3.8) is 0 Å². The predicted octanol–water partition coefficient (Wildman–Crippen LogP) is 4.68. The van der Waals surface area contributed by atoms with Crippen LogP contribution in [0.3, 0.4) is 0 Å². The van der Waals surface area contributed by atoms with Gasteiger partial charge in [-0.2, -0.15) is 0 Å². The summed E-state index contributed by atoms with van der Waals surface area (Å²) < 4.78 is 27.6. The molecule has 0 fully saturated rings. The number of hydrogen-bond acceptors (Lipinski definition) is 2. The van der Waals surface area contributed by atoms with E-state index in [4.69, 9.17) is 11.6 Å². The Balaban J connectivity index is 1.99. The summed E-state index contributed by atoms with van der Waals surface area (Å²) in [6.07, 6.45) is 0. The Labute approximate surface area is 153 Å². The van der Waals surface area contributed by atoms with E-state index in [-0.39, 0.29) is 12.3 Å². The van der Waals surface area contributed by atoms with Gasteiger partial charge >= 0.3 is 0 Å². The third-order valence-electron chi connectivity index (χ3n) is 3.76. The standard InChI is InChI=1S/C20H17ClNO2S/c21-19-13-7-8-14-20(19)22(15-17-9-3-1-4-10-17)25(23,24)16-18-11-5-2-6-12-18/h1-7,9-14H,15-16H2. The number of halogens is 1. The Morgan fingerprint density at radius 3 is 2.08 bits per heavy atom. The second-order valence-corrected chi connectivity index (χ2v) is 7.91. The molecular formula is C20H17ClNO2S. The van der Waals surface area contributed by atoms with Crippen molar-refractivity contribution in [1.29, 1.82) is 0 Å². The molecule has 3 aromatic rings. The molecule has 0 aliphatic rings. The van der Waals surface area contributed by atoms with Gasteiger partial charge in [-0.25, -0.2) is 8.42 Å². The summed E-state index contributed by atoms with van der Waals surface area (Å²) in [5.41, 5.74) is 2.06. The first kappa shape index (κ1) is 17.5. The lowest BCUT2D eigenvalue weighted by Gasteiger charge is -2.25. The lowest BCUT2D eigenvalue weighted by atomic mass is 10.2. The van der Waals surface area contributed by atoms with E-state index in [2.05, 4.69) is 6.07 Å². The fourth-order valence-electron chi connectivity index (χ4n) is 2.54. The third kappa shape index (κ3) is 4.41. The van der Waals surface area contributed by atoms with Gasteiger partial charge in [-0.05, 0) is 29.3 Å². The quantitative estimate of drug-likeness (QED) is 0.632. The molecule has 0 aromatic heterocycles. The maximum atomic E-state index is 13.1. The summed E-state index contributed by atoms with van der Waals surface area (Å²) in [5.74, 6) is -0.0914. The highest BCUT2D eigenvalue weighted by Gasteiger charge is 2.25. The number of hydrogen-bond donors (Lipinski definition) is 0. The first-order chi connectivity index (χ1) is 12.1. The number of nitrogens with zero attached hydrogens (tertiary/aromatic N) is 1. The molecule has 25 heavy (non-hydrogen) atoms. The molecule has 0 saturated heterocycles. The molecule has 0 aliphatic heterocycles. The Bertz CT molecular complexity index is 928. The molecule has 3 nitrogen and oxygen atoms in total. The van der Waals surface area contributed by atoms with Gasteiger partial charge in [0.15, 0.2) is 0 Å². The molecule has 0 unspecified atom stereocenters. The monoisotopic (exact) mass is 370 g/mol. The fraction of sp³-hybridized carbons (Fsp3) is 0.100. The summed E-state index contributed by atoms with van der Waals surface area (Å²) in [5, 5.41) is 0.381. The molecule has 1 radical (unpaired) electrons. The Morgan fingerprint density at radius 1 is 0.880 bits per heavy atom. The minimum absolute atomic E-state index is 0.0914. The molecule has 0 heterocycles. The summed E-state index contributed by atoms with van der Waals surface area (Å²) in [6.45, 7) is 0.216. The molecule has 0 aliphatic carbocycles. The first-order valence-corrected chi connectivity index (χ1v) is 9.79. The van der Waals surface area contributed by atoms with Crippen LogP contribution in [0.15, 0.2) is 78.9 Å². The largest absolute Gasteiger partial charge is 0.264 e. The van der Waals surface area contributed by atoms with Gasteiger partial charge in [-0.15, -0.1) is 0 Å². The number of anilines is 1. The van der Waals surface area contributed by atoms with E-state index >= 15 is 0 Å². The lowest BCUT2D eigenvalue weighted by molar-refractivity contribution is 0.589. The molecule has 0 N–H and O–H groups in total. The molecule has 5 heteroatoms. The van der Waals surface area contributed by atoms with E-state index in [1.165, 1.54) is 4.31 Å². The molecule has 0 bridgehead atoms. The van der Waals surface area contributed by atoms with E-state index in [9.17, 15) is 8.42 Å². The van der Waals surface area contributed by atoms with Gasteiger partial charge < -0.3 is 0 Å². The molecule has 0 amide bonds. The normalized spacial score (nSPS) is 11.2. The minimum Gasteiger partial charge on any atom is -0.264 e. The van der Waals surface area contributed by atoms with Gasteiger partial charge in [-0.1, -0.05) is 78.3 Å². The van der Waals surface area contributed by atoms with Crippen LogP contribution in [0.25, 0.3) is 0 Å². The van der Waals surface area contributed by atoms with Crippen molar-refractivity contribution >= 4 is 27.3 Å². The number of rotatable bonds is 6. The first-order valence-electron chi connectivity index (χ1n) is 7.80.